The highest BCUT2D eigenvalue weighted by atomic mass is 16.2. The number of nitrogens with zero attached hydrogens (tertiary/aromatic N) is 1. The summed E-state index contributed by atoms with van der Waals surface area (Å²) in [4.78, 5) is 11.8. The first kappa shape index (κ1) is 14.4. The lowest BCUT2D eigenvalue weighted by atomic mass is 10.2. The molecule has 0 aromatic heterocycles. The lowest BCUT2D eigenvalue weighted by Gasteiger charge is -2.34. The van der Waals surface area contributed by atoms with Crippen LogP contribution in [0.1, 0.15) is 46.5 Å². The molecule has 0 aromatic carbocycles. The van der Waals surface area contributed by atoms with Crippen LogP contribution in [0, 0.1) is 0 Å². The molecular formula is C13H26NO+. The van der Waals surface area contributed by atoms with Gasteiger partial charge in [0.2, 0.25) is 0 Å². The molecule has 0 aliphatic rings. The van der Waals surface area contributed by atoms with Gasteiger partial charge < -0.3 is 0 Å². The summed E-state index contributed by atoms with van der Waals surface area (Å²) in [6.45, 7) is 12.6. The third kappa shape index (κ3) is 4.61. The van der Waals surface area contributed by atoms with Crippen molar-refractivity contribution in [3.63, 3.8) is 0 Å². The Kier molecular flexibility index (Phi) is 7.31. The number of hydrogen-bond acceptors (Lipinski definition) is 1. The summed E-state index contributed by atoms with van der Waals surface area (Å²) in [7, 11) is 0. The van der Waals surface area contributed by atoms with Gasteiger partial charge in [-0.2, -0.15) is 0 Å². The predicted molar refractivity (Wildman–Crippen MR) is 65.6 cm³/mol. The van der Waals surface area contributed by atoms with E-state index in [1.165, 1.54) is 0 Å². The van der Waals surface area contributed by atoms with Crippen molar-refractivity contribution in [1.82, 2.24) is 0 Å². The molecule has 0 rings (SSSR count). The molecule has 2 nitrogen and oxygen atoms in total. The number of carbonyl (C=O) groups excluding carboxylic acids is 1. The maximum atomic E-state index is 11.8. The van der Waals surface area contributed by atoms with Gasteiger partial charge in [0.05, 0.1) is 20.0 Å². The van der Waals surface area contributed by atoms with Crippen LogP contribution in [0.25, 0.3) is 0 Å². The molecule has 15 heavy (non-hydrogen) atoms. The third-order valence-electron chi connectivity index (χ3n) is 3.03. The maximum Gasteiger partial charge on any atom is 0.310 e. The number of quaternary nitrogens is 1. The molecule has 0 N–H and O–H groups in total. The van der Waals surface area contributed by atoms with E-state index in [0.717, 1.165) is 45.3 Å². The zero-order valence-corrected chi connectivity index (χ0v) is 10.6. The van der Waals surface area contributed by atoms with Crippen LogP contribution in [-0.4, -0.2) is 30.0 Å². The van der Waals surface area contributed by atoms with E-state index in [2.05, 4.69) is 20.4 Å². The average molecular weight is 212 g/mol. The molecule has 0 saturated heterocycles. The second-order valence-corrected chi connectivity index (χ2v) is 4.29. The van der Waals surface area contributed by atoms with Crippen molar-refractivity contribution in [3.05, 3.63) is 12.7 Å². The SMILES string of the molecule is C=CC[N+](CCCC)(CCCC)C(C)=O. The van der Waals surface area contributed by atoms with Gasteiger partial charge >= 0.3 is 5.91 Å². The number of amides is 1. The topological polar surface area (TPSA) is 17.1 Å². The van der Waals surface area contributed by atoms with Crippen molar-refractivity contribution < 1.29 is 9.28 Å². The van der Waals surface area contributed by atoms with E-state index >= 15 is 0 Å². The van der Waals surface area contributed by atoms with Crippen LogP contribution in [0.15, 0.2) is 12.7 Å². The van der Waals surface area contributed by atoms with Crippen LogP contribution in [0.4, 0.5) is 0 Å². The van der Waals surface area contributed by atoms with Gasteiger partial charge in [-0.25, -0.2) is 4.79 Å². The largest absolute Gasteiger partial charge is 0.310 e. The van der Waals surface area contributed by atoms with Gasteiger partial charge in [-0.1, -0.05) is 33.3 Å². The molecule has 0 heterocycles. The zero-order chi connectivity index (χ0) is 11.7. The number of carbonyl (C=O) groups is 1. The van der Waals surface area contributed by atoms with E-state index in [-0.39, 0.29) is 5.91 Å². The fraction of sp³-hybridized carbons (Fsp3) is 0.769. The fourth-order valence-corrected chi connectivity index (χ4v) is 1.91. The molecule has 0 fully saturated rings. The van der Waals surface area contributed by atoms with Crippen molar-refractivity contribution in [3.8, 4) is 0 Å². The van der Waals surface area contributed by atoms with Crippen LogP contribution in [0.5, 0.6) is 0 Å². The van der Waals surface area contributed by atoms with Crippen molar-refractivity contribution in [2.45, 2.75) is 46.5 Å². The molecule has 88 valence electrons. The van der Waals surface area contributed by atoms with E-state index in [1.54, 1.807) is 6.92 Å². The highest BCUT2D eigenvalue weighted by Crippen LogP contribution is 2.13. The zero-order valence-electron chi connectivity index (χ0n) is 10.6. The Morgan fingerprint density at radius 3 is 1.93 bits per heavy atom. The molecule has 0 aliphatic carbocycles. The maximum absolute atomic E-state index is 11.8. The molecule has 0 spiro atoms. The van der Waals surface area contributed by atoms with Gasteiger partial charge in [0, 0.05) is 0 Å². The number of rotatable bonds is 8. The van der Waals surface area contributed by atoms with Crippen LogP contribution in [0.2, 0.25) is 0 Å². The standard InChI is InChI=1S/C13H26NO/c1-5-8-11-14(10-7-3,13(4)15)12-9-6-2/h7H,3,5-6,8-12H2,1-2,4H3/q+1. The van der Waals surface area contributed by atoms with Gasteiger partial charge in [-0.15, -0.1) is 0 Å². The quantitative estimate of drug-likeness (QED) is 0.446. The van der Waals surface area contributed by atoms with Crippen LogP contribution in [0.3, 0.4) is 0 Å². The Labute approximate surface area is 94.6 Å². The van der Waals surface area contributed by atoms with Gasteiger partial charge in [-0.3, -0.25) is 4.48 Å². The Balaban J connectivity index is 4.55. The lowest BCUT2D eigenvalue weighted by molar-refractivity contribution is -0.848. The molecule has 0 unspecified atom stereocenters. The summed E-state index contributed by atoms with van der Waals surface area (Å²) in [5, 5.41) is 0. The van der Waals surface area contributed by atoms with Crippen LogP contribution in [-0.2, 0) is 4.79 Å². The summed E-state index contributed by atoms with van der Waals surface area (Å²) >= 11 is 0. The van der Waals surface area contributed by atoms with E-state index in [9.17, 15) is 4.79 Å². The van der Waals surface area contributed by atoms with Crippen molar-refractivity contribution in [2.24, 2.45) is 0 Å². The van der Waals surface area contributed by atoms with Crippen molar-refractivity contribution >= 4 is 5.91 Å². The second kappa shape index (κ2) is 7.63. The Morgan fingerprint density at radius 1 is 1.20 bits per heavy atom. The molecule has 1 amide bonds. The predicted octanol–water partition coefficient (Wildman–Crippen LogP) is 3.14. The average Bonchev–Trinajstić information content (AvgIpc) is 2.22. The summed E-state index contributed by atoms with van der Waals surface area (Å²) in [5.41, 5.74) is 0. The monoisotopic (exact) mass is 212 g/mol. The smallest absolute Gasteiger partial charge is 0.258 e. The normalized spacial score (nSPS) is 11.4. The number of hydrogen-bond donors (Lipinski definition) is 0. The molecule has 2 heteroatoms. The minimum atomic E-state index is 0.289. The van der Waals surface area contributed by atoms with Crippen molar-refractivity contribution in [1.29, 1.82) is 0 Å². The number of unbranched alkanes of at least 4 members (excludes halogenated alkanes) is 2. The Hall–Kier alpha value is -0.630. The molecule has 0 atom stereocenters. The Morgan fingerprint density at radius 2 is 1.67 bits per heavy atom. The minimum Gasteiger partial charge on any atom is -0.258 e. The van der Waals surface area contributed by atoms with Gasteiger partial charge in [0.15, 0.2) is 0 Å². The fourth-order valence-electron chi connectivity index (χ4n) is 1.91. The first-order valence-corrected chi connectivity index (χ1v) is 6.11. The van der Waals surface area contributed by atoms with Gasteiger partial charge in [0.25, 0.3) is 0 Å². The van der Waals surface area contributed by atoms with Crippen molar-refractivity contribution in [2.75, 3.05) is 19.6 Å². The summed E-state index contributed by atoms with van der Waals surface area (Å²) in [5.74, 6) is 0.289. The van der Waals surface area contributed by atoms with Gasteiger partial charge in [-0.05, 0) is 18.9 Å². The van der Waals surface area contributed by atoms with Gasteiger partial charge in [0.1, 0.15) is 6.54 Å². The molecular weight excluding hydrogens is 186 g/mol. The van der Waals surface area contributed by atoms with E-state index < -0.39 is 0 Å². The summed E-state index contributed by atoms with van der Waals surface area (Å²) in [6.07, 6.45) is 6.42. The highest BCUT2D eigenvalue weighted by molar-refractivity contribution is 5.65. The van der Waals surface area contributed by atoms with E-state index in [0.29, 0.717) is 4.48 Å². The second-order valence-electron chi connectivity index (χ2n) is 4.29. The molecule has 0 radical (unpaired) electrons. The van der Waals surface area contributed by atoms with E-state index in [1.807, 2.05) is 6.08 Å². The Bertz CT molecular complexity index is 191. The highest BCUT2D eigenvalue weighted by Gasteiger charge is 2.30. The molecule has 0 saturated carbocycles. The van der Waals surface area contributed by atoms with Crippen LogP contribution >= 0.6 is 0 Å². The molecule has 0 bridgehead atoms. The summed E-state index contributed by atoms with van der Waals surface area (Å²) < 4.78 is 0.602. The van der Waals surface area contributed by atoms with E-state index in [4.69, 9.17) is 0 Å². The summed E-state index contributed by atoms with van der Waals surface area (Å²) in [6, 6.07) is 0. The first-order chi connectivity index (χ1) is 7.13. The first-order valence-electron chi connectivity index (χ1n) is 6.11. The molecule has 0 aromatic rings. The molecule has 0 aliphatic heterocycles. The minimum absolute atomic E-state index is 0.289. The van der Waals surface area contributed by atoms with Crippen LogP contribution < -0.4 is 0 Å². The lowest BCUT2D eigenvalue weighted by Crippen LogP contribution is -2.53. The third-order valence-corrected chi connectivity index (χ3v) is 3.03.